The predicted molar refractivity (Wildman–Crippen MR) is 113 cm³/mol. The lowest BCUT2D eigenvalue weighted by atomic mass is 10.0. The molecular weight excluding hydrogens is 354 g/mol. The largest absolute Gasteiger partial charge is 0.497 e. The van der Waals surface area contributed by atoms with E-state index in [1.165, 1.54) is 11.1 Å². The fourth-order valence-corrected chi connectivity index (χ4v) is 3.44. The third kappa shape index (κ3) is 4.68. The third-order valence-electron chi connectivity index (χ3n) is 5.24. The van der Waals surface area contributed by atoms with Crippen LogP contribution in [0.15, 0.2) is 36.4 Å². The monoisotopic (exact) mass is 383 g/mol. The normalized spacial score (nSPS) is 16.4. The Bertz CT molecular complexity index is 838. The Balaban J connectivity index is 1.63. The number of piperidine rings is 1. The highest BCUT2D eigenvalue weighted by molar-refractivity contribution is 5.91. The molecule has 2 aromatic carbocycles. The number of urea groups is 1. The summed E-state index contributed by atoms with van der Waals surface area (Å²) < 4.78 is 10.6. The van der Waals surface area contributed by atoms with Gasteiger partial charge in [-0.3, -0.25) is 0 Å². The van der Waals surface area contributed by atoms with E-state index in [0.29, 0.717) is 23.7 Å². The molecule has 2 aromatic rings. The molecule has 0 saturated carbocycles. The number of amides is 2. The van der Waals surface area contributed by atoms with Gasteiger partial charge >= 0.3 is 6.03 Å². The van der Waals surface area contributed by atoms with Crippen LogP contribution in [0.25, 0.3) is 0 Å². The van der Waals surface area contributed by atoms with Crippen LogP contribution in [-0.4, -0.2) is 44.3 Å². The van der Waals surface area contributed by atoms with Crippen LogP contribution in [0.4, 0.5) is 16.2 Å². The number of hydrogen-bond donors (Lipinski definition) is 2. The molecule has 0 radical (unpaired) electrons. The molecule has 6 heteroatoms. The number of carbonyl (C=O) groups excluding carboxylic acids is 1. The lowest BCUT2D eigenvalue weighted by Crippen LogP contribution is -2.46. The van der Waals surface area contributed by atoms with Crippen LogP contribution in [-0.2, 0) is 0 Å². The zero-order valence-corrected chi connectivity index (χ0v) is 17.0. The van der Waals surface area contributed by atoms with Gasteiger partial charge < -0.3 is 25.0 Å². The fourth-order valence-electron chi connectivity index (χ4n) is 3.44. The predicted octanol–water partition coefficient (Wildman–Crippen LogP) is 4.43. The van der Waals surface area contributed by atoms with Gasteiger partial charge in [-0.25, -0.2) is 4.79 Å². The Hall–Kier alpha value is -2.89. The molecule has 1 fully saturated rings. The molecule has 1 aliphatic heterocycles. The summed E-state index contributed by atoms with van der Waals surface area (Å²) in [5.74, 6) is 1.26. The van der Waals surface area contributed by atoms with Gasteiger partial charge in [0, 0.05) is 30.9 Å². The Morgan fingerprint density at radius 3 is 2.61 bits per heavy atom. The van der Waals surface area contributed by atoms with Gasteiger partial charge in [0.25, 0.3) is 0 Å². The number of anilines is 2. The number of nitrogens with zero attached hydrogens (tertiary/aromatic N) is 1. The standard InChI is InChI=1S/C22H29N3O3/c1-15-7-8-17(12-16(15)2)23-18-6-5-11-25(14-18)22(26)24-20-10-9-19(27-3)13-21(20)28-4/h7-10,12-13,18,23H,5-6,11,14H2,1-4H3,(H,24,26). The number of ether oxygens (including phenoxy) is 2. The molecule has 1 saturated heterocycles. The van der Waals surface area contributed by atoms with Crippen LogP contribution in [0.5, 0.6) is 11.5 Å². The number of methoxy groups -OCH3 is 2. The average molecular weight is 383 g/mol. The van der Waals surface area contributed by atoms with E-state index < -0.39 is 0 Å². The maximum Gasteiger partial charge on any atom is 0.322 e. The van der Waals surface area contributed by atoms with Crippen LogP contribution >= 0.6 is 0 Å². The van der Waals surface area contributed by atoms with Crippen molar-refractivity contribution in [3.05, 3.63) is 47.5 Å². The molecule has 2 amide bonds. The molecule has 0 aromatic heterocycles. The van der Waals surface area contributed by atoms with Gasteiger partial charge in [-0.1, -0.05) is 6.07 Å². The Morgan fingerprint density at radius 1 is 1.07 bits per heavy atom. The molecule has 28 heavy (non-hydrogen) atoms. The maximum atomic E-state index is 12.8. The first-order valence-electron chi connectivity index (χ1n) is 9.62. The molecule has 6 nitrogen and oxygen atoms in total. The van der Waals surface area contributed by atoms with Gasteiger partial charge in [0.2, 0.25) is 0 Å². The summed E-state index contributed by atoms with van der Waals surface area (Å²) in [6.45, 7) is 5.63. The third-order valence-corrected chi connectivity index (χ3v) is 5.24. The molecule has 0 spiro atoms. The Kier molecular flexibility index (Phi) is 6.29. The summed E-state index contributed by atoms with van der Waals surface area (Å²) in [5.41, 5.74) is 4.29. The van der Waals surface area contributed by atoms with E-state index in [0.717, 1.165) is 25.1 Å². The maximum absolute atomic E-state index is 12.8. The van der Waals surface area contributed by atoms with Gasteiger partial charge in [-0.05, 0) is 62.1 Å². The SMILES string of the molecule is COc1ccc(NC(=O)N2CCCC(Nc3ccc(C)c(C)c3)C2)c(OC)c1. The minimum Gasteiger partial charge on any atom is -0.497 e. The summed E-state index contributed by atoms with van der Waals surface area (Å²) in [7, 11) is 3.18. The molecule has 1 atom stereocenters. The van der Waals surface area contributed by atoms with E-state index in [4.69, 9.17) is 9.47 Å². The van der Waals surface area contributed by atoms with Gasteiger partial charge in [-0.2, -0.15) is 0 Å². The number of carbonyl (C=O) groups is 1. The van der Waals surface area contributed by atoms with Gasteiger partial charge in [0.15, 0.2) is 0 Å². The second kappa shape index (κ2) is 8.87. The summed E-state index contributed by atoms with van der Waals surface area (Å²) in [6.07, 6.45) is 2.01. The van der Waals surface area contributed by atoms with Crippen molar-refractivity contribution in [2.24, 2.45) is 0 Å². The van der Waals surface area contributed by atoms with E-state index in [1.807, 2.05) is 4.90 Å². The molecule has 1 unspecified atom stereocenters. The minimum absolute atomic E-state index is 0.116. The summed E-state index contributed by atoms with van der Waals surface area (Å²) in [5, 5.41) is 6.53. The number of aryl methyl sites for hydroxylation is 2. The summed E-state index contributed by atoms with van der Waals surface area (Å²) >= 11 is 0. The van der Waals surface area contributed by atoms with Crippen molar-refractivity contribution in [1.29, 1.82) is 0 Å². The van der Waals surface area contributed by atoms with Crippen molar-refractivity contribution in [3.63, 3.8) is 0 Å². The smallest absolute Gasteiger partial charge is 0.322 e. The second-order valence-corrected chi connectivity index (χ2v) is 7.22. The summed E-state index contributed by atoms with van der Waals surface area (Å²) in [6, 6.07) is 11.9. The second-order valence-electron chi connectivity index (χ2n) is 7.22. The van der Waals surface area contributed by atoms with Crippen LogP contribution in [0.2, 0.25) is 0 Å². The first-order valence-corrected chi connectivity index (χ1v) is 9.62. The van der Waals surface area contributed by atoms with Crippen molar-refractivity contribution >= 4 is 17.4 Å². The van der Waals surface area contributed by atoms with Gasteiger partial charge in [0.1, 0.15) is 11.5 Å². The molecule has 2 N–H and O–H groups in total. The zero-order valence-electron chi connectivity index (χ0n) is 17.0. The Morgan fingerprint density at radius 2 is 1.89 bits per heavy atom. The fraction of sp³-hybridized carbons (Fsp3) is 0.409. The topological polar surface area (TPSA) is 62.8 Å². The number of hydrogen-bond acceptors (Lipinski definition) is 4. The van der Waals surface area contributed by atoms with E-state index in [9.17, 15) is 4.79 Å². The number of likely N-dealkylation sites (tertiary alicyclic amines) is 1. The van der Waals surface area contributed by atoms with Crippen LogP contribution in [0.3, 0.4) is 0 Å². The number of benzene rings is 2. The van der Waals surface area contributed by atoms with Gasteiger partial charge in [-0.15, -0.1) is 0 Å². The molecule has 0 aliphatic carbocycles. The zero-order chi connectivity index (χ0) is 20.1. The molecular formula is C22H29N3O3. The first-order chi connectivity index (χ1) is 13.5. The molecule has 3 rings (SSSR count). The van der Waals surface area contributed by atoms with Crippen molar-refractivity contribution in [2.75, 3.05) is 37.9 Å². The molecule has 150 valence electrons. The molecule has 0 bridgehead atoms. The van der Waals surface area contributed by atoms with E-state index in [2.05, 4.69) is 42.7 Å². The van der Waals surface area contributed by atoms with Crippen molar-refractivity contribution in [3.8, 4) is 11.5 Å². The van der Waals surface area contributed by atoms with Crippen LogP contribution in [0, 0.1) is 13.8 Å². The number of rotatable bonds is 5. The van der Waals surface area contributed by atoms with E-state index >= 15 is 0 Å². The molecule has 1 aliphatic rings. The van der Waals surface area contributed by atoms with Crippen LogP contribution < -0.4 is 20.1 Å². The number of nitrogens with one attached hydrogen (secondary N) is 2. The first kappa shape index (κ1) is 19.9. The lowest BCUT2D eigenvalue weighted by molar-refractivity contribution is 0.196. The van der Waals surface area contributed by atoms with Crippen molar-refractivity contribution in [2.45, 2.75) is 32.7 Å². The van der Waals surface area contributed by atoms with Gasteiger partial charge in [0.05, 0.1) is 19.9 Å². The highest BCUT2D eigenvalue weighted by Crippen LogP contribution is 2.29. The van der Waals surface area contributed by atoms with Crippen LogP contribution in [0.1, 0.15) is 24.0 Å². The summed E-state index contributed by atoms with van der Waals surface area (Å²) in [4.78, 5) is 14.6. The highest BCUT2D eigenvalue weighted by atomic mass is 16.5. The quantitative estimate of drug-likeness (QED) is 0.802. The average Bonchev–Trinajstić information content (AvgIpc) is 2.71. The van der Waals surface area contributed by atoms with E-state index in [-0.39, 0.29) is 12.1 Å². The molecule has 1 heterocycles. The minimum atomic E-state index is -0.116. The van der Waals surface area contributed by atoms with E-state index in [1.54, 1.807) is 32.4 Å². The highest BCUT2D eigenvalue weighted by Gasteiger charge is 2.24. The Labute approximate surface area is 166 Å². The lowest BCUT2D eigenvalue weighted by Gasteiger charge is -2.34. The van der Waals surface area contributed by atoms with Crippen molar-refractivity contribution in [1.82, 2.24) is 4.90 Å². The van der Waals surface area contributed by atoms with Crippen molar-refractivity contribution < 1.29 is 14.3 Å².